The lowest BCUT2D eigenvalue weighted by molar-refractivity contribution is -0.759. The molecule has 0 bridgehead atoms. The normalized spacial score (nSPS) is 22.1. The number of benzene rings is 2. The first kappa shape index (κ1) is 21.9. The summed E-state index contributed by atoms with van der Waals surface area (Å²) in [4.78, 5) is 40.7. The molecule has 3 unspecified atom stereocenters. The van der Waals surface area contributed by atoms with Gasteiger partial charge in [-0.05, 0) is 40.8 Å². The summed E-state index contributed by atoms with van der Waals surface area (Å²) in [5.74, 6) is -3.04. The number of hydrogen-bond donors (Lipinski definition) is 1. The third kappa shape index (κ3) is 3.62. The molecule has 166 valence electrons. The summed E-state index contributed by atoms with van der Waals surface area (Å²) in [5.41, 5.74) is -0.328. The number of aliphatic carboxylic acids is 1. The fourth-order valence-electron chi connectivity index (χ4n) is 4.40. The molecule has 2 aromatic carbocycles. The van der Waals surface area contributed by atoms with Crippen LogP contribution in [-0.2, 0) is 9.63 Å². The Morgan fingerprint density at radius 2 is 1.78 bits per heavy atom. The Balaban J connectivity index is 1.78. The number of thiophene rings is 1. The summed E-state index contributed by atoms with van der Waals surface area (Å²) in [5, 5.41) is 20.8. The number of hydrogen-bond acceptors (Lipinski definition) is 6. The van der Waals surface area contributed by atoms with Crippen LogP contribution < -0.4 is 0 Å². The second-order valence-electron chi connectivity index (χ2n) is 8.28. The monoisotopic (exact) mass is 457 g/mol. The predicted octanol–water partition coefficient (Wildman–Crippen LogP) is 5.04. The van der Waals surface area contributed by atoms with Crippen LogP contribution in [-0.4, -0.2) is 28.6 Å². The number of carboxylic acid groups (broad SMARTS) is 1. The van der Waals surface area contributed by atoms with E-state index in [1.54, 1.807) is 6.07 Å². The first-order chi connectivity index (χ1) is 15.1. The highest BCUT2D eigenvalue weighted by Crippen LogP contribution is 2.70. The van der Waals surface area contributed by atoms with E-state index in [0.29, 0.717) is 16.0 Å². The highest BCUT2D eigenvalue weighted by atomic mass is 32.1. The van der Waals surface area contributed by atoms with Crippen molar-refractivity contribution >= 4 is 33.2 Å². The third-order valence-corrected chi connectivity index (χ3v) is 7.15. The van der Waals surface area contributed by atoms with Crippen LogP contribution in [0.15, 0.2) is 48.5 Å². The van der Waals surface area contributed by atoms with E-state index in [9.17, 15) is 29.2 Å². The number of halogens is 1. The number of rotatable bonds is 8. The van der Waals surface area contributed by atoms with Crippen molar-refractivity contribution in [3.63, 3.8) is 0 Å². The third-order valence-electron chi connectivity index (χ3n) is 6.04. The van der Waals surface area contributed by atoms with Crippen molar-refractivity contribution in [3.05, 3.63) is 80.5 Å². The Hall–Kier alpha value is -3.33. The van der Waals surface area contributed by atoms with Gasteiger partial charge in [0.2, 0.25) is 0 Å². The molecule has 1 N–H and O–H groups in total. The highest BCUT2D eigenvalue weighted by molar-refractivity contribution is 7.20. The summed E-state index contributed by atoms with van der Waals surface area (Å²) in [6, 6.07) is 12.7. The fraction of sp³-hybridized carbons (Fsp3) is 0.304. The lowest BCUT2D eigenvalue weighted by atomic mass is 9.98. The van der Waals surface area contributed by atoms with Crippen LogP contribution in [0.25, 0.3) is 10.1 Å². The molecule has 3 atom stereocenters. The molecule has 1 heterocycles. The molecule has 32 heavy (non-hydrogen) atoms. The van der Waals surface area contributed by atoms with Gasteiger partial charge in [0.05, 0.1) is 4.88 Å². The zero-order valence-corrected chi connectivity index (χ0v) is 18.1. The van der Waals surface area contributed by atoms with Gasteiger partial charge in [0, 0.05) is 22.5 Å². The molecule has 1 fully saturated rings. The van der Waals surface area contributed by atoms with E-state index in [1.807, 2.05) is 32.0 Å². The summed E-state index contributed by atoms with van der Waals surface area (Å²) in [7, 11) is 0. The average molecular weight is 457 g/mol. The molecule has 3 aromatic rings. The van der Waals surface area contributed by atoms with E-state index in [2.05, 4.69) is 4.84 Å². The average Bonchev–Trinajstić information content (AvgIpc) is 3.24. The molecule has 0 radical (unpaired) electrons. The molecule has 4 rings (SSSR count). The SMILES string of the molecule is CC(C)C(=O)c1cc2ccc(C3C(c4ccc(F)cc4)C3(CO[N+](=O)[O-])C(=O)O)cc2s1. The smallest absolute Gasteiger partial charge is 0.312 e. The largest absolute Gasteiger partial charge is 0.481 e. The molecular weight excluding hydrogens is 437 g/mol. The second kappa shape index (κ2) is 7.98. The molecule has 0 aliphatic heterocycles. The van der Waals surface area contributed by atoms with Crippen molar-refractivity contribution < 1.29 is 29.0 Å². The summed E-state index contributed by atoms with van der Waals surface area (Å²) < 4.78 is 14.3. The van der Waals surface area contributed by atoms with Crippen molar-refractivity contribution in [3.8, 4) is 0 Å². The molecule has 1 aliphatic rings. The predicted molar refractivity (Wildman–Crippen MR) is 116 cm³/mol. The van der Waals surface area contributed by atoms with Crippen molar-refractivity contribution in [2.75, 3.05) is 6.61 Å². The van der Waals surface area contributed by atoms with Crippen molar-refractivity contribution in [2.45, 2.75) is 25.7 Å². The molecule has 0 amide bonds. The van der Waals surface area contributed by atoms with Crippen LogP contribution in [0.4, 0.5) is 4.39 Å². The molecule has 0 saturated heterocycles. The van der Waals surface area contributed by atoms with Gasteiger partial charge in [-0.2, -0.15) is 0 Å². The topological polar surface area (TPSA) is 107 Å². The molecule has 7 nitrogen and oxygen atoms in total. The zero-order valence-electron chi connectivity index (χ0n) is 17.3. The van der Waals surface area contributed by atoms with Crippen molar-refractivity contribution in [2.24, 2.45) is 11.3 Å². The van der Waals surface area contributed by atoms with Crippen LogP contribution in [0.2, 0.25) is 0 Å². The number of carbonyl (C=O) groups excluding carboxylic acids is 1. The number of ketones is 1. The zero-order chi connectivity index (χ0) is 23.2. The Kier molecular flexibility index (Phi) is 5.46. The Labute approximate surface area is 186 Å². The number of Topliss-reactive ketones (excluding diaryl/α,β-unsaturated/α-hetero) is 1. The van der Waals surface area contributed by atoms with Crippen LogP contribution in [0.3, 0.4) is 0 Å². The molecule has 1 aliphatic carbocycles. The lowest BCUT2D eigenvalue weighted by Crippen LogP contribution is -2.26. The first-order valence-electron chi connectivity index (χ1n) is 9.99. The van der Waals surface area contributed by atoms with Gasteiger partial charge in [0.1, 0.15) is 17.8 Å². The van der Waals surface area contributed by atoms with Crippen molar-refractivity contribution in [1.82, 2.24) is 0 Å². The highest BCUT2D eigenvalue weighted by Gasteiger charge is 2.71. The Morgan fingerprint density at radius 3 is 2.38 bits per heavy atom. The van der Waals surface area contributed by atoms with Gasteiger partial charge in [0.25, 0.3) is 5.09 Å². The summed E-state index contributed by atoms with van der Waals surface area (Å²) in [6.45, 7) is 3.03. The van der Waals surface area contributed by atoms with Crippen LogP contribution >= 0.6 is 11.3 Å². The fourth-order valence-corrected chi connectivity index (χ4v) is 5.60. The Morgan fingerprint density at radius 1 is 1.16 bits per heavy atom. The number of carboxylic acids is 1. The van der Waals surface area contributed by atoms with Gasteiger partial charge in [-0.15, -0.1) is 21.5 Å². The maximum atomic E-state index is 13.4. The standard InChI is InChI=1S/C23H20FNO6S/c1-12(2)21(26)18-9-14-3-4-15(10-17(14)32-18)20-19(13-5-7-16(24)8-6-13)23(20,22(27)28)11-31-25(29)30/h3-10,12,19-20H,11H2,1-2H3,(H,27,28). The van der Waals surface area contributed by atoms with Crippen molar-refractivity contribution in [1.29, 1.82) is 0 Å². The maximum absolute atomic E-state index is 13.4. The first-order valence-corrected chi connectivity index (χ1v) is 10.8. The van der Waals surface area contributed by atoms with Gasteiger partial charge < -0.3 is 9.94 Å². The van der Waals surface area contributed by atoms with Crippen LogP contribution in [0.5, 0.6) is 0 Å². The molecule has 1 saturated carbocycles. The van der Waals surface area contributed by atoms with Crippen LogP contribution in [0, 0.1) is 27.3 Å². The minimum absolute atomic E-state index is 0.0302. The molecule has 1 aromatic heterocycles. The van der Waals surface area contributed by atoms with E-state index in [1.165, 1.54) is 35.6 Å². The minimum atomic E-state index is -1.56. The van der Waals surface area contributed by atoms with E-state index < -0.39 is 40.7 Å². The van der Waals surface area contributed by atoms with E-state index in [4.69, 9.17) is 0 Å². The Bertz CT molecular complexity index is 1220. The van der Waals surface area contributed by atoms with Gasteiger partial charge in [-0.25, -0.2) is 4.39 Å². The van der Waals surface area contributed by atoms with Crippen LogP contribution in [0.1, 0.15) is 46.5 Å². The summed E-state index contributed by atoms with van der Waals surface area (Å²) >= 11 is 1.33. The molecule has 9 heteroatoms. The number of nitrogens with zero attached hydrogens (tertiary/aromatic N) is 1. The minimum Gasteiger partial charge on any atom is -0.481 e. The summed E-state index contributed by atoms with van der Waals surface area (Å²) in [6.07, 6.45) is 0. The maximum Gasteiger partial charge on any atom is 0.312 e. The molecular formula is C23H20FNO6S. The lowest BCUT2D eigenvalue weighted by Gasteiger charge is -2.12. The molecule has 0 spiro atoms. The second-order valence-corrected chi connectivity index (χ2v) is 9.36. The number of carbonyl (C=O) groups is 2. The van der Waals surface area contributed by atoms with Gasteiger partial charge >= 0.3 is 5.97 Å². The number of fused-ring (bicyclic) bond motifs is 1. The van der Waals surface area contributed by atoms with E-state index in [0.717, 1.165) is 10.1 Å². The van der Waals surface area contributed by atoms with E-state index in [-0.39, 0.29) is 11.7 Å². The van der Waals surface area contributed by atoms with Gasteiger partial charge in [-0.1, -0.05) is 38.1 Å². The van der Waals surface area contributed by atoms with Gasteiger partial charge in [-0.3, -0.25) is 9.59 Å². The quantitative estimate of drug-likeness (QED) is 0.289. The van der Waals surface area contributed by atoms with Gasteiger partial charge in [0.15, 0.2) is 5.78 Å². The van der Waals surface area contributed by atoms with E-state index >= 15 is 0 Å².